The minimum absolute atomic E-state index is 0.0594. The molecule has 0 saturated carbocycles. The van der Waals surface area contributed by atoms with Gasteiger partial charge in [-0.1, -0.05) is 6.92 Å². The van der Waals surface area contributed by atoms with E-state index in [-0.39, 0.29) is 24.4 Å². The van der Waals surface area contributed by atoms with Crippen molar-refractivity contribution in [2.45, 2.75) is 39.2 Å². The van der Waals surface area contributed by atoms with Crippen molar-refractivity contribution in [3.05, 3.63) is 77.6 Å². The molecule has 1 fully saturated rings. The van der Waals surface area contributed by atoms with Gasteiger partial charge in [-0.3, -0.25) is 9.59 Å². The number of likely N-dealkylation sites (tertiary alicyclic amines) is 1. The van der Waals surface area contributed by atoms with Crippen LogP contribution in [0.15, 0.2) is 68.9 Å². The molecule has 0 bridgehead atoms. The number of carbonyl (C=O) groups is 2. The van der Waals surface area contributed by atoms with Gasteiger partial charge in [-0.25, -0.2) is 5.01 Å². The lowest BCUT2D eigenvalue weighted by molar-refractivity contribution is -0.131. The average Bonchev–Trinajstić information content (AvgIpc) is 3.63. The number of hydrogen-bond acceptors (Lipinski definition) is 6. The molecule has 1 saturated heterocycles. The Kier molecular flexibility index (Phi) is 6.44. The number of piperidine rings is 1. The lowest BCUT2D eigenvalue weighted by Gasteiger charge is -2.31. The Balaban J connectivity index is 1.27. The molecule has 1 N–H and O–H groups in total. The summed E-state index contributed by atoms with van der Waals surface area (Å²) in [6, 6.07) is 12.6. The lowest BCUT2D eigenvalue weighted by Crippen LogP contribution is -2.39. The van der Waals surface area contributed by atoms with Gasteiger partial charge in [-0.15, -0.1) is 0 Å². The third kappa shape index (κ3) is 4.87. The highest BCUT2D eigenvalue weighted by molar-refractivity contribution is 6.01. The molecule has 2 unspecified atom stereocenters. The second kappa shape index (κ2) is 9.82. The van der Waals surface area contributed by atoms with E-state index in [1.54, 1.807) is 24.7 Å². The van der Waals surface area contributed by atoms with Crippen molar-refractivity contribution in [3.8, 4) is 0 Å². The maximum Gasteiger partial charge on any atom is 0.262 e. The van der Waals surface area contributed by atoms with Crippen LogP contribution in [0.5, 0.6) is 0 Å². The Morgan fingerprint density at radius 3 is 2.69 bits per heavy atom. The molecular weight excluding hydrogens is 444 g/mol. The molecule has 5 rings (SSSR count). The molecule has 0 spiro atoms. The van der Waals surface area contributed by atoms with Gasteiger partial charge in [0.15, 0.2) is 0 Å². The predicted octanol–water partition coefficient (Wildman–Crippen LogP) is 4.84. The number of nitrogens with zero attached hydrogens (tertiary/aromatic N) is 3. The summed E-state index contributed by atoms with van der Waals surface area (Å²) >= 11 is 0. The first-order valence-corrected chi connectivity index (χ1v) is 12.1. The fourth-order valence-electron chi connectivity index (χ4n) is 4.84. The molecule has 2 aromatic heterocycles. The largest absolute Gasteiger partial charge is 0.467 e. The van der Waals surface area contributed by atoms with Gasteiger partial charge in [0.25, 0.3) is 11.8 Å². The number of nitrogens with one attached hydrogen (secondary N) is 1. The van der Waals surface area contributed by atoms with Crippen molar-refractivity contribution in [1.82, 2.24) is 9.91 Å². The highest BCUT2D eigenvalue weighted by Gasteiger charge is 2.35. The first kappa shape index (κ1) is 23.0. The zero-order valence-electron chi connectivity index (χ0n) is 20.1. The summed E-state index contributed by atoms with van der Waals surface area (Å²) in [5.74, 6) is 1.74. The number of hydrogen-bond donors (Lipinski definition) is 1. The minimum Gasteiger partial charge on any atom is -0.467 e. The van der Waals surface area contributed by atoms with Gasteiger partial charge < -0.3 is 19.1 Å². The number of aryl methyl sites for hydroxylation is 1. The van der Waals surface area contributed by atoms with Crippen molar-refractivity contribution in [2.24, 2.45) is 11.0 Å². The molecule has 182 valence electrons. The minimum atomic E-state index is -0.326. The predicted molar refractivity (Wildman–Crippen MR) is 132 cm³/mol. The van der Waals surface area contributed by atoms with Gasteiger partial charge in [0, 0.05) is 30.8 Å². The summed E-state index contributed by atoms with van der Waals surface area (Å²) in [4.78, 5) is 28.1. The molecule has 2 amide bonds. The van der Waals surface area contributed by atoms with Crippen LogP contribution >= 0.6 is 0 Å². The summed E-state index contributed by atoms with van der Waals surface area (Å²) in [6.45, 7) is 5.80. The van der Waals surface area contributed by atoms with E-state index >= 15 is 0 Å². The van der Waals surface area contributed by atoms with E-state index in [9.17, 15) is 9.59 Å². The Hall–Kier alpha value is -3.81. The molecule has 3 aromatic rings. The summed E-state index contributed by atoms with van der Waals surface area (Å²) in [6.07, 6.45) is 5.92. The molecule has 2 aliphatic rings. The monoisotopic (exact) mass is 474 g/mol. The zero-order valence-corrected chi connectivity index (χ0v) is 20.1. The zero-order chi connectivity index (χ0) is 24.4. The molecule has 35 heavy (non-hydrogen) atoms. The molecule has 8 heteroatoms. The van der Waals surface area contributed by atoms with Crippen LogP contribution in [-0.2, 0) is 4.79 Å². The second-order valence-electron chi connectivity index (χ2n) is 9.38. The van der Waals surface area contributed by atoms with E-state index in [0.717, 1.165) is 30.8 Å². The smallest absolute Gasteiger partial charge is 0.262 e. The van der Waals surface area contributed by atoms with Crippen LogP contribution in [0.4, 0.5) is 5.69 Å². The Morgan fingerprint density at radius 2 is 1.97 bits per heavy atom. The van der Waals surface area contributed by atoms with Crippen molar-refractivity contribution in [1.29, 1.82) is 0 Å². The van der Waals surface area contributed by atoms with E-state index < -0.39 is 0 Å². The summed E-state index contributed by atoms with van der Waals surface area (Å²) in [5.41, 5.74) is 3.11. The van der Waals surface area contributed by atoms with E-state index in [2.05, 4.69) is 17.3 Å². The maximum atomic E-state index is 13.2. The number of benzene rings is 1. The third-order valence-electron chi connectivity index (χ3n) is 6.69. The molecule has 8 nitrogen and oxygen atoms in total. The SMILES string of the molecule is Cc1cc(C(=O)N2CCCC(C)C2)ccc1NCC(=O)N1N=C(c2ccco2)CC1c1ccco1. The molecule has 2 aliphatic heterocycles. The normalized spacial score (nSPS) is 20.1. The summed E-state index contributed by atoms with van der Waals surface area (Å²) in [7, 11) is 0. The van der Waals surface area contributed by atoms with Crippen molar-refractivity contribution in [2.75, 3.05) is 25.0 Å². The van der Waals surface area contributed by atoms with Crippen LogP contribution in [0.25, 0.3) is 0 Å². The fraction of sp³-hybridized carbons (Fsp3) is 0.370. The van der Waals surface area contributed by atoms with E-state index in [0.29, 0.717) is 35.1 Å². The molecule has 0 aliphatic carbocycles. The Bertz CT molecular complexity index is 1220. The summed E-state index contributed by atoms with van der Waals surface area (Å²) < 4.78 is 11.1. The first-order chi connectivity index (χ1) is 17.0. The Labute approximate surface area is 204 Å². The van der Waals surface area contributed by atoms with Crippen molar-refractivity contribution in [3.63, 3.8) is 0 Å². The van der Waals surface area contributed by atoms with Gasteiger partial charge in [0.05, 0.1) is 19.1 Å². The number of anilines is 1. The number of rotatable bonds is 6. The van der Waals surface area contributed by atoms with Crippen LogP contribution < -0.4 is 5.32 Å². The quantitative estimate of drug-likeness (QED) is 0.552. The maximum absolute atomic E-state index is 13.2. The number of carbonyl (C=O) groups excluding carboxylic acids is 2. The van der Waals surface area contributed by atoms with Crippen molar-refractivity contribution < 1.29 is 18.4 Å². The average molecular weight is 475 g/mol. The number of furan rings is 2. The van der Waals surface area contributed by atoms with E-state index in [4.69, 9.17) is 8.83 Å². The van der Waals surface area contributed by atoms with Crippen LogP contribution in [0.2, 0.25) is 0 Å². The Morgan fingerprint density at radius 1 is 1.14 bits per heavy atom. The van der Waals surface area contributed by atoms with Crippen LogP contribution in [-0.4, -0.2) is 47.1 Å². The molecule has 4 heterocycles. The van der Waals surface area contributed by atoms with Crippen molar-refractivity contribution >= 4 is 23.2 Å². The van der Waals surface area contributed by atoms with E-state index in [1.807, 2.05) is 42.2 Å². The standard InChI is InChI=1S/C27H30N4O4/c1-18-6-3-11-30(17-18)27(33)20-9-10-21(19(2)14-20)28-16-26(32)31-23(25-8-5-13-35-25)15-22(29-31)24-7-4-12-34-24/h4-5,7-10,12-14,18,23,28H,3,6,11,15-17H2,1-2H3. The third-order valence-corrected chi connectivity index (χ3v) is 6.69. The first-order valence-electron chi connectivity index (χ1n) is 12.1. The van der Waals surface area contributed by atoms with Gasteiger partial charge >= 0.3 is 0 Å². The van der Waals surface area contributed by atoms with Crippen LogP contribution in [0.3, 0.4) is 0 Å². The fourth-order valence-corrected chi connectivity index (χ4v) is 4.84. The second-order valence-corrected chi connectivity index (χ2v) is 9.38. The highest BCUT2D eigenvalue weighted by atomic mass is 16.3. The van der Waals surface area contributed by atoms with Crippen LogP contribution in [0.1, 0.15) is 59.7 Å². The molecule has 1 aromatic carbocycles. The highest BCUT2D eigenvalue weighted by Crippen LogP contribution is 2.33. The van der Waals surface area contributed by atoms with Gasteiger partial charge in [0.1, 0.15) is 23.3 Å². The number of hydrazone groups is 1. The van der Waals surface area contributed by atoms with Crippen LogP contribution in [0, 0.1) is 12.8 Å². The topological polar surface area (TPSA) is 91.3 Å². The lowest BCUT2D eigenvalue weighted by atomic mass is 9.99. The van der Waals surface area contributed by atoms with Gasteiger partial charge in [-0.2, -0.15) is 5.10 Å². The van der Waals surface area contributed by atoms with Gasteiger partial charge in [0.2, 0.25) is 0 Å². The number of amides is 2. The molecular formula is C27H30N4O4. The molecule has 2 atom stereocenters. The van der Waals surface area contributed by atoms with E-state index in [1.165, 1.54) is 11.4 Å². The molecule has 0 radical (unpaired) electrons. The summed E-state index contributed by atoms with van der Waals surface area (Å²) in [5, 5.41) is 9.24. The van der Waals surface area contributed by atoms with Gasteiger partial charge in [-0.05, 0) is 73.7 Å².